The molecular formula is C13H11Br2NO2S2. The number of sulfonamides is 1. The predicted molar refractivity (Wildman–Crippen MR) is 87.9 cm³/mol. The summed E-state index contributed by atoms with van der Waals surface area (Å²) >= 11 is 8.09. The fourth-order valence-electron chi connectivity index (χ4n) is 2.35. The van der Waals surface area contributed by atoms with E-state index in [2.05, 4.69) is 36.6 Å². The van der Waals surface area contributed by atoms with Crippen molar-refractivity contribution in [1.29, 1.82) is 0 Å². The molecule has 2 atom stereocenters. The molecule has 1 aromatic heterocycles. The summed E-state index contributed by atoms with van der Waals surface area (Å²) in [7, 11) is -3.49. The van der Waals surface area contributed by atoms with Crippen LogP contribution in [-0.2, 0) is 16.4 Å². The Bertz CT molecular complexity index is 742. The van der Waals surface area contributed by atoms with Crippen LogP contribution in [0.25, 0.3) is 0 Å². The van der Waals surface area contributed by atoms with E-state index < -0.39 is 10.0 Å². The molecule has 0 saturated heterocycles. The average molecular weight is 437 g/mol. The molecule has 3 nitrogen and oxygen atoms in total. The van der Waals surface area contributed by atoms with Gasteiger partial charge in [-0.2, -0.15) is 0 Å². The molecule has 2 unspecified atom stereocenters. The van der Waals surface area contributed by atoms with Crippen LogP contribution in [-0.4, -0.2) is 13.2 Å². The van der Waals surface area contributed by atoms with Gasteiger partial charge in [0, 0.05) is 4.83 Å². The van der Waals surface area contributed by atoms with Crippen molar-refractivity contribution in [3.05, 3.63) is 51.3 Å². The van der Waals surface area contributed by atoms with Gasteiger partial charge in [0.2, 0.25) is 0 Å². The van der Waals surface area contributed by atoms with E-state index in [1.165, 1.54) is 16.9 Å². The number of thiophene rings is 1. The van der Waals surface area contributed by atoms with Crippen molar-refractivity contribution in [2.45, 2.75) is 21.5 Å². The number of benzene rings is 1. The molecule has 1 heterocycles. The van der Waals surface area contributed by atoms with E-state index in [0.29, 0.717) is 4.21 Å². The zero-order valence-electron chi connectivity index (χ0n) is 10.2. The van der Waals surface area contributed by atoms with Gasteiger partial charge in [-0.15, -0.1) is 11.3 Å². The van der Waals surface area contributed by atoms with Crippen molar-refractivity contribution < 1.29 is 8.42 Å². The Morgan fingerprint density at radius 3 is 2.65 bits per heavy atom. The van der Waals surface area contributed by atoms with Gasteiger partial charge in [0.05, 0.1) is 9.83 Å². The van der Waals surface area contributed by atoms with Crippen LogP contribution in [0.1, 0.15) is 17.2 Å². The first-order valence-electron chi connectivity index (χ1n) is 5.97. The molecule has 2 aromatic rings. The fourth-order valence-corrected chi connectivity index (χ4v) is 6.57. The Kier molecular flexibility index (Phi) is 4.07. The number of fused-ring (bicyclic) bond motifs is 1. The molecule has 0 spiro atoms. The minimum atomic E-state index is -3.49. The summed E-state index contributed by atoms with van der Waals surface area (Å²) in [6.45, 7) is 0. The number of rotatable bonds is 3. The monoisotopic (exact) mass is 435 g/mol. The van der Waals surface area contributed by atoms with E-state index in [1.807, 2.05) is 24.3 Å². The first-order valence-corrected chi connectivity index (χ1v) is 9.98. The summed E-state index contributed by atoms with van der Waals surface area (Å²) in [6, 6.07) is 11.1. The Hall–Kier alpha value is -0.210. The maximum Gasteiger partial charge on any atom is 0.250 e. The number of hydrogen-bond acceptors (Lipinski definition) is 3. The van der Waals surface area contributed by atoms with Gasteiger partial charge in [-0.1, -0.05) is 40.2 Å². The van der Waals surface area contributed by atoms with Crippen LogP contribution >= 0.6 is 43.2 Å². The van der Waals surface area contributed by atoms with Gasteiger partial charge in [-0.05, 0) is 45.6 Å². The number of hydrogen-bond donors (Lipinski definition) is 1. The zero-order chi connectivity index (χ0) is 14.3. The second-order valence-electron chi connectivity index (χ2n) is 4.58. The molecule has 1 aromatic carbocycles. The maximum absolute atomic E-state index is 12.4. The molecule has 7 heteroatoms. The maximum atomic E-state index is 12.4. The van der Waals surface area contributed by atoms with Crippen molar-refractivity contribution in [3.8, 4) is 0 Å². The third-order valence-corrected chi connectivity index (χ3v) is 7.67. The second-order valence-corrected chi connectivity index (χ2v) is 10.2. The van der Waals surface area contributed by atoms with E-state index >= 15 is 0 Å². The average Bonchev–Trinajstić information content (AvgIpc) is 2.95. The number of halogens is 2. The normalized spacial score (nSPS) is 21.9. The lowest BCUT2D eigenvalue weighted by molar-refractivity contribution is 0.561. The van der Waals surface area contributed by atoms with E-state index in [9.17, 15) is 8.42 Å². The van der Waals surface area contributed by atoms with Gasteiger partial charge in [0.25, 0.3) is 10.0 Å². The van der Waals surface area contributed by atoms with Crippen molar-refractivity contribution in [2.75, 3.05) is 0 Å². The van der Waals surface area contributed by atoms with Crippen LogP contribution in [0.3, 0.4) is 0 Å². The van der Waals surface area contributed by atoms with Crippen molar-refractivity contribution in [1.82, 2.24) is 4.72 Å². The molecule has 0 aliphatic heterocycles. The van der Waals surface area contributed by atoms with Crippen LogP contribution in [0, 0.1) is 0 Å². The number of alkyl halides is 1. The van der Waals surface area contributed by atoms with Crippen LogP contribution in [0.4, 0.5) is 0 Å². The molecule has 0 fully saturated rings. The summed E-state index contributed by atoms with van der Waals surface area (Å²) in [5.41, 5.74) is 2.24. The predicted octanol–water partition coefficient (Wildman–Crippen LogP) is 3.85. The van der Waals surface area contributed by atoms with Crippen molar-refractivity contribution >= 4 is 53.2 Å². The molecule has 3 rings (SSSR count). The first-order chi connectivity index (χ1) is 9.47. The minimum absolute atomic E-state index is 0.0816. The van der Waals surface area contributed by atoms with E-state index in [4.69, 9.17) is 0 Å². The quantitative estimate of drug-likeness (QED) is 0.742. The molecule has 0 radical (unpaired) electrons. The molecule has 0 amide bonds. The smallest absolute Gasteiger partial charge is 0.206 e. The third kappa shape index (κ3) is 2.74. The summed E-state index contributed by atoms with van der Waals surface area (Å²) < 4.78 is 28.8. The highest BCUT2D eigenvalue weighted by atomic mass is 79.9. The van der Waals surface area contributed by atoms with Gasteiger partial charge in [0.15, 0.2) is 0 Å². The van der Waals surface area contributed by atoms with Gasteiger partial charge in [-0.3, -0.25) is 0 Å². The van der Waals surface area contributed by atoms with E-state index in [1.54, 1.807) is 12.1 Å². The SMILES string of the molecule is O=S(=O)(NC1c2ccccc2CC1Br)c1ccc(Br)s1. The lowest BCUT2D eigenvalue weighted by Crippen LogP contribution is -2.31. The van der Waals surface area contributed by atoms with Crippen LogP contribution in [0.15, 0.2) is 44.4 Å². The Morgan fingerprint density at radius 1 is 1.20 bits per heavy atom. The standard InChI is InChI=1S/C13H11Br2NO2S2/c14-10-7-8-3-1-2-4-9(8)13(10)16-20(17,18)12-6-5-11(15)19-12/h1-6,10,13,16H,7H2. The fraction of sp³-hybridized carbons (Fsp3) is 0.231. The molecule has 20 heavy (non-hydrogen) atoms. The Balaban J connectivity index is 1.92. The van der Waals surface area contributed by atoms with Crippen molar-refractivity contribution in [3.63, 3.8) is 0 Å². The lowest BCUT2D eigenvalue weighted by atomic mass is 10.1. The highest BCUT2D eigenvalue weighted by Gasteiger charge is 2.34. The van der Waals surface area contributed by atoms with Gasteiger partial charge in [0.1, 0.15) is 4.21 Å². The molecule has 0 bridgehead atoms. The van der Waals surface area contributed by atoms with Crippen molar-refractivity contribution in [2.24, 2.45) is 0 Å². The van der Waals surface area contributed by atoms with Gasteiger partial charge >= 0.3 is 0 Å². The summed E-state index contributed by atoms with van der Waals surface area (Å²) in [5.74, 6) is 0. The van der Waals surface area contributed by atoms with Gasteiger partial charge in [-0.25, -0.2) is 13.1 Å². The third-order valence-electron chi connectivity index (χ3n) is 3.26. The van der Waals surface area contributed by atoms with Crippen LogP contribution < -0.4 is 4.72 Å². The summed E-state index contributed by atoms with van der Waals surface area (Å²) in [6.07, 6.45) is 0.831. The molecule has 106 valence electrons. The van der Waals surface area contributed by atoms with Crippen LogP contribution in [0.2, 0.25) is 0 Å². The van der Waals surface area contributed by atoms with E-state index in [0.717, 1.165) is 15.8 Å². The van der Waals surface area contributed by atoms with Gasteiger partial charge < -0.3 is 0 Å². The highest BCUT2D eigenvalue weighted by molar-refractivity contribution is 9.11. The first kappa shape index (κ1) is 14.7. The van der Waals surface area contributed by atoms with E-state index in [-0.39, 0.29) is 10.9 Å². The lowest BCUT2D eigenvalue weighted by Gasteiger charge is -2.17. The summed E-state index contributed by atoms with van der Waals surface area (Å²) in [5, 5.41) is 0. The number of nitrogens with one attached hydrogen (secondary N) is 1. The second kappa shape index (κ2) is 5.53. The zero-order valence-corrected chi connectivity index (χ0v) is 15.0. The minimum Gasteiger partial charge on any atom is -0.206 e. The topological polar surface area (TPSA) is 46.2 Å². The Morgan fingerprint density at radius 2 is 1.95 bits per heavy atom. The molecule has 1 aliphatic carbocycles. The molecule has 0 saturated carbocycles. The van der Waals surface area contributed by atoms with Crippen LogP contribution in [0.5, 0.6) is 0 Å². The highest BCUT2D eigenvalue weighted by Crippen LogP contribution is 2.37. The largest absolute Gasteiger partial charge is 0.250 e. The Labute approximate surface area is 138 Å². The molecule has 1 aliphatic rings. The molecular weight excluding hydrogens is 426 g/mol. The summed E-state index contributed by atoms with van der Waals surface area (Å²) in [4.78, 5) is 0.0816. The molecule has 1 N–H and O–H groups in total.